The minimum atomic E-state index is -0.947. The number of hydrogen-bond donors (Lipinski definition) is 1. The average molecular weight is 263 g/mol. The van der Waals surface area contributed by atoms with Crippen LogP contribution in [0.4, 0.5) is 10.1 Å². The Hall–Kier alpha value is -1.50. The van der Waals surface area contributed by atoms with Crippen LogP contribution in [0.15, 0.2) is 21.8 Å². The van der Waals surface area contributed by atoms with E-state index in [1.54, 1.807) is 0 Å². The van der Waals surface area contributed by atoms with E-state index in [2.05, 4.69) is 21.1 Å². The molecule has 0 amide bonds. The van der Waals surface area contributed by atoms with Crippen molar-refractivity contribution in [2.45, 2.75) is 0 Å². The summed E-state index contributed by atoms with van der Waals surface area (Å²) in [6.45, 7) is 0. The van der Waals surface area contributed by atoms with E-state index in [-0.39, 0.29) is 10.0 Å². The van der Waals surface area contributed by atoms with Crippen molar-refractivity contribution < 1.29 is 14.5 Å². The molecule has 1 aromatic carbocycles. The highest BCUT2D eigenvalue weighted by Gasteiger charge is 2.16. The van der Waals surface area contributed by atoms with Crippen LogP contribution >= 0.6 is 15.9 Å². The third-order valence-corrected chi connectivity index (χ3v) is 2.15. The zero-order chi connectivity index (χ0) is 10.7. The SMILES string of the molecule is O=[N+]([O-])c1cc(/C=N\O)c(Br)cc1F. The largest absolute Gasteiger partial charge is 0.411 e. The van der Waals surface area contributed by atoms with Crippen molar-refractivity contribution >= 4 is 27.8 Å². The molecule has 0 spiro atoms. The number of rotatable bonds is 2. The Bertz CT molecular complexity index is 408. The number of halogens is 2. The summed E-state index contributed by atoms with van der Waals surface area (Å²) >= 11 is 2.97. The monoisotopic (exact) mass is 262 g/mol. The summed E-state index contributed by atoms with van der Waals surface area (Å²) in [6.07, 6.45) is 0.969. The second-order valence-electron chi connectivity index (χ2n) is 2.33. The standard InChI is InChI=1S/C7H4BrFN2O3/c8-5-2-6(9)7(11(13)14)1-4(5)3-10-12/h1-3,12H/b10-3-. The second kappa shape index (κ2) is 4.14. The van der Waals surface area contributed by atoms with Crippen LogP contribution in [0.1, 0.15) is 5.56 Å². The predicted molar refractivity (Wildman–Crippen MR) is 50.1 cm³/mol. The average Bonchev–Trinajstić information content (AvgIpc) is 2.09. The van der Waals surface area contributed by atoms with Crippen LogP contribution in [0, 0.1) is 15.9 Å². The molecule has 0 radical (unpaired) electrons. The fourth-order valence-corrected chi connectivity index (χ4v) is 1.27. The summed E-state index contributed by atoms with van der Waals surface area (Å²) in [5.74, 6) is -0.947. The van der Waals surface area contributed by atoms with E-state index in [1.807, 2.05) is 0 Å². The van der Waals surface area contributed by atoms with Gasteiger partial charge in [-0.3, -0.25) is 10.1 Å². The molecule has 74 valence electrons. The van der Waals surface area contributed by atoms with Gasteiger partial charge in [-0.25, -0.2) is 0 Å². The lowest BCUT2D eigenvalue weighted by atomic mass is 10.2. The Balaban J connectivity index is 3.34. The van der Waals surface area contributed by atoms with Gasteiger partial charge in [-0.1, -0.05) is 21.1 Å². The van der Waals surface area contributed by atoms with Crippen LogP contribution in [-0.2, 0) is 0 Å². The first kappa shape index (κ1) is 10.6. The van der Waals surface area contributed by atoms with E-state index >= 15 is 0 Å². The molecule has 0 atom stereocenters. The molecular formula is C7H4BrFN2O3. The number of oxime groups is 1. The first-order valence-corrected chi connectivity index (χ1v) is 4.16. The lowest BCUT2D eigenvalue weighted by Gasteiger charge is -1.98. The molecule has 1 rings (SSSR count). The van der Waals surface area contributed by atoms with Crippen molar-refractivity contribution in [1.29, 1.82) is 0 Å². The molecule has 0 bridgehead atoms. The Morgan fingerprint density at radius 1 is 1.64 bits per heavy atom. The van der Waals surface area contributed by atoms with E-state index in [0.717, 1.165) is 18.3 Å². The molecule has 0 fully saturated rings. The van der Waals surface area contributed by atoms with Crippen molar-refractivity contribution in [3.05, 3.63) is 38.1 Å². The smallest absolute Gasteiger partial charge is 0.305 e. The van der Waals surface area contributed by atoms with Crippen LogP contribution < -0.4 is 0 Å². The highest BCUT2D eigenvalue weighted by atomic mass is 79.9. The van der Waals surface area contributed by atoms with E-state index in [0.29, 0.717) is 0 Å². The summed E-state index contributed by atoms with van der Waals surface area (Å²) in [6, 6.07) is 1.91. The summed E-state index contributed by atoms with van der Waals surface area (Å²) in [5.41, 5.74) is -0.441. The molecule has 0 saturated carbocycles. The number of benzene rings is 1. The zero-order valence-corrected chi connectivity index (χ0v) is 8.23. The summed E-state index contributed by atoms with van der Waals surface area (Å²) in [7, 11) is 0. The lowest BCUT2D eigenvalue weighted by molar-refractivity contribution is -0.387. The van der Waals surface area contributed by atoms with Crippen LogP contribution in [-0.4, -0.2) is 16.3 Å². The van der Waals surface area contributed by atoms with Gasteiger partial charge in [0.05, 0.1) is 11.1 Å². The normalized spacial score (nSPS) is 10.7. The number of nitro benzene ring substituents is 1. The predicted octanol–water partition coefficient (Wildman–Crippen LogP) is 2.30. The van der Waals surface area contributed by atoms with Gasteiger partial charge < -0.3 is 5.21 Å². The van der Waals surface area contributed by atoms with Gasteiger partial charge >= 0.3 is 5.69 Å². The maximum atomic E-state index is 12.9. The van der Waals surface area contributed by atoms with Crippen LogP contribution in [0.25, 0.3) is 0 Å². The van der Waals surface area contributed by atoms with Gasteiger partial charge in [-0.2, -0.15) is 4.39 Å². The van der Waals surface area contributed by atoms with E-state index in [9.17, 15) is 14.5 Å². The van der Waals surface area contributed by atoms with Gasteiger partial charge in [-0.15, -0.1) is 0 Å². The third kappa shape index (κ3) is 2.05. The molecule has 0 aromatic heterocycles. The molecule has 1 aromatic rings. The topological polar surface area (TPSA) is 75.7 Å². The van der Waals surface area contributed by atoms with Gasteiger partial charge in [0.15, 0.2) is 0 Å². The van der Waals surface area contributed by atoms with Crippen LogP contribution in [0.3, 0.4) is 0 Å². The van der Waals surface area contributed by atoms with Gasteiger partial charge in [0.1, 0.15) is 0 Å². The Kier molecular flexibility index (Phi) is 3.13. The first-order valence-electron chi connectivity index (χ1n) is 3.37. The molecular weight excluding hydrogens is 259 g/mol. The quantitative estimate of drug-likeness (QED) is 0.385. The molecule has 14 heavy (non-hydrogen) atoms. The molecule has 0 unspecified atom stereocenters. The van der Waals surface area contributed by atoms with E-state index in [1.165, 1.54) is 0 Å². The molecule has 0 aliphatic rings. The van der Waals surface area contributed by atoms with Gasteiger partial charge in [0.2, 0.25) is 5.82 Å². The van der Waals surface area contributed by atoms with Gasteiger partial charge in [0.25, 0.3) is 0 Å². The van der Waals surface area contributed by atoms with Crippen molar-refractivity contribution in [2.24, 2.45) is 5.16 Å². The number of nitrogens with zero attached hydrogens (tertiary/aromatic N) is 2. The van der Waals surface area contributed by atoms with Gasteiger partial charge in [-0.05, 0) is 6.07 Å². The maximum absolute atomic E-state index is 12.9. The molecule has 7 heteroatoms. The van der Waals surface area contributed by atoms with Crippen molar-refractivity contribution in [3.8, 4) is 0 Å². The Morgan fingerprint density at radius 3 is 2.79 bits per heavy atom. The lowest BCUT2D eigenvalue weighted by Crippen LogP contribution is -1.95. The van der Waals surface area contributed by atoms with Gasteiger partial charge in [0, 0.05) is 16.1 Å². The summed E-state index contributed by atoms with van der Waals surface area (Å²) < 4.78 is 13.2. The van der Waals surface area contributed by atoms with E-state index in [4.69, 9.17) is 5.21 Å². The molecule has 0 saturated heterocycles. The molecule has 0 heterocycles. The summed E-state index contributed by atoms with van der Waals surface area (Å²) in [4.78, 5) is 9.48. The highest BCUT2D eigenvalue weighted by molar-refractivity contribution is 9.10. The first-order chi connectivity index (χ1) is 6.56. The van der Waals surface area contributed by atoms with Crippen molar-refractivity contribution in [1.82, 2.24) is 0 Å². The molecule has 0 aliphatic carbocycles. The van der Waals surface area contributed by atoms with E-state index < -0.39 is 16.4 Å². The minimum Gasteiger partial charge on any atom is -0.411 e. The third-order valence-electron chi connectivity index (χ3n) is 1.46. The fourth-order valence-electron chi connectivity index (χ4n) is 0.855. The number of hydrogen-bond acceptors (Lipinski definition) is 4. The fraction of sp³-hybridized carbons (Fsp3) is 0. The molecule has 1 N–H and O–H groups in total. The summed E-state index contributed by atoms with van der Waals surface area (Å²) in [5, 5.41) is 21.3. The van der Waals surface area contributed by atoms with Crippen molar-refractivity contribution in [3.63, 3.8) is 0 Å². The Morgan fingerprint density at radius 2 is 2.29 bits per heavy atom. The molecule has 5 nitrogen and oxygen atoms in total. The minimum absolute atomic E-state index is 0.223. The maximum Gasteiger partial charge on any atom is 0.305 e. The van der Waals surface area contributed by atoms with Crippen LogP contribution in [0.5, 0.6) is 0 Å². The van der Waals surface area contributed by atoms with Crippen molar-refractivity contribution in [2.75, 3.05) is 0 Å². The second-order valence-corrected chi connectivity index (χ2v) is 3.18. The Labute approximate surface area is 86.1 Å². The number of nitro groups is 1. The zero-order valence-electron chi connectivity index (χ0n) is 6.65. The molecule has 0 aliphatic heterocycles. The van der Waals surface area contributed by atoms with Crippen LogP contribution in [0.2, 0.25) is 0 Å². The highest BCUT2D eigenvalue weighted by Crippen LogP contribution is 2.24.